The van der Waals surface area contributed by atoms with Gasteiger partial charge in [-0.2, -0.15) is 0 Å². The topological polar surface area (TPSA) is 12.4 Å². The van der Waals surface area contributed by atoms with Gasteiger partial charge >= 0.3 is 0 Å². The van der Waals surface area contributed by atoms with E-state index < -0.39 is 0 Å². The molecule has 0 heterocycles. The molecule has 0 unspecified atom stereocenters. The average Bonchev–Trinajstić information content (AvgIpc) is 3.08. The first-order chi connectivity index (χ1) is 21.2. The molecule has 0 radical (unpaired) electrons. The van der Waals surface area contributed by atoms with Crippen LogP contribution in [0.1, 0.15) is 30.9 Å². The quantitative estimate of drug-likeness (QED) is 0.174. The van der Waals surface area contributed by atoms with E-state index in [0.29, 0.717) is 0 Å². The molecule has 7 rings (SSSR count). The largest absolute Gasteiger partial charge is 0.253 e. The van der Waals surface area contributed by atoms with Crippen LogP contribution in [-0.2, 0) is 12.8 Å². The second-order valence-corrected chi connectivity index (χ2v) is 11.4. The maximum atomic E-state index is 5.26. The Bertz CT molecular complexity index is 2010. The Hall–Kier alpha value is -5.01. The van der Waals surface area contributed by atoms with Crippen molar-refractivity contribution in [3.8, 4) is 22.3 Å². The van der Waals surface area contributed by atoms with E-state index in [2.05, 4.69) is 153 Å². The summed E-state index contributed by atoms with van der Waals surface area (Å²) in [6, 6.07) is 46.3. The fourth-order valence-corrected chi connectivity index (χ4v) is 6.29. The Kier molecular flexibility index (Phi) is 7.54. The molecule has 0 spiro atoms. The number of rotatable bonds is 7. The van der Waals surface area contributed by atoms with E-state index in [4.69, 9.17) is 4.99 Å². The van der Waals surface area contributed by atoms with Crippen molar-refractivity contribution in [1.82, 2.24) is 0 Å². The van der Waals surface area contributed by atoms with Crippen molar-refractivity contribution in [1.29, 1.82) is 0 Å². The number of allylic oxidation sites excluding steroid dienone is 4. The Morgan fingerprint density at radius 1 is 0.628 bits per heavy atom. The number of aryl methyl sites for hydroxylation is 2. The smallest absolute Gasteiger partial charge is 0.0671 e. The molecule has 0 saturated carbocycles. The predicted octanol–water partition coefficient (Wildman–Crippen LogP) is 11.5. The number of hydrogen-bond donors (Lipinski definition) is 0. The van der Waals surface area contributed by atoms with Crippen molar-refractivity contribution in [2.45, 2.75) is 32.6 Å². The molecule has 0 saturated heterocycles. The van der Waals surface area contributed by atoms with Crippen LogP contribution in [-0.4, -0.2) is 5.71 Å². The minimum Gasteiger partial charge on any atom is -0.253 e. The number of benzene rings is 6. The van der Waals surface area contributed by atoms with Gasteiger partial charge in [-0.15, -0.1) is 0 Å². The first kappa shape index (κ1) is 26.9. The fraction of sp³-hybridized carbons (Fsp3) is 0.119. The van der Waals surface area contributed by atoms with Gasteiger partial charge in [0, 0.05) is 5.71 Å². The summed E-state index contributed by atoms with van der Waals surface area (Å²) in [5.41, 5.74) is 11.1. The molecule has 1 heteroatoms. The standard InChI is InChI=1S/C42H35N/c1-30(32-11-3-2-4-12-32)43-42-29-37(41-20-10-16-34-14-6-8-18-39(34)41)28-27-36(42)26-23-31-21-24-35(25-22-31)40-19-9-15-33-13-5-7-17-38(33)40/h2-3,5-11,13-22,24-25,27-29H,4,12,23,26H2,1H3/b43-30+. The minimum absolute atomic E-state index is 0.939. The van der Waals surface area contributed by atoms with Crippen LogP contribution < -0.4 is 0 Å². The number of hydrogen-bond acceptors (Lipinski definition) is 1. The highest BCUT2D eigenvalue weighted by Crippen LogP contribution is 2.34. The Morgan fingerprint density at radius 2 is 1.26 bits per heavy atom. The van der Waals surface area contributed by atoms with Crippen molar-refractivity contribution in [2.75, 3.05) is 0 Å². The second kappa shape index (κ2) is 12.1. The summed E-state index contributed by atoms with van der Waals surface area (Å²) in [5.74, 6) is 0. The van der Waals surface area contributed by atoms with Gasteiger partial charge in [-0.1, -0.05) is 140 Å². The average molecular weight is 554 g/mol. The summed E-state index contributed by atoms with van der Waals surface area (Å²) in [6.45, 7) is 2.16. The maximum Gasteiger partial charge on any atom is 0.0671 e. The predicted molar refractivity (Wildman–Crippen MR) is 185 cm³/mol. The van der Waals surface area contributed by atoms with Crippen LogP contribution in [0.15, 0.2) is 156 Å². The molecule has 0 amide bonds. The summed E-state index contributed by atoms with van der Waals surface area (Å²) >= 11 is 0. The molecule has 6 aromatic carbocycles. The molecule has 0 aromatic heterocycles. The number of fused-ring (bicyclic) bond motifs is 2. The van der Waals surface area contributed by atoms with E-state index in [1.807, 2.05) is 0 Å². The first-order valence-electron chi connectivity index (χ1n) is 15.3. The lowest BCUT2D eigenvalue weighted by atomic mass is 9.94. The van der Waals surface area contributed by atoms with Gasteiger partial charge in [0.25, 0.3) is 0 Å². The van der Waals surface area contributed by atoms with E-state index >= 15 is 0 Å². The fourth-order valence-electron chi connectivity index (χ4n) is 6.29. The van der Waals surface area contributed by atoms with E-state index in [-0.39, 0.29) is 0 Å². The van der Waals surface area contributed by atoms with Crippen LogP contribution in [0.5, 0.6) is 0 Å². The highest BCUT2D eigenvalue weighted by Gasteiger charge is 2.11. The monoisotopic (exact) mass is 553 g/mol. The normalized spacial score (nSPS) is 13.4. The molecule has 1 nitrogen and oxygen atoms in total. The lowest BCUT2D eigenvalue weighted by molar-refractivity contribution is 0.959. The minimum atomic E-state index is 0.939. The van der Waals surface area contributed by atoms with Crippen molar-refractivity contribution in [3.63, 3.8) is 0 Å². The lowest BCUT2D eigenvalue weighted by Crippen LogP contribution is -2.00. The van der Waals surface area contributed by atoms with Crippen molar-refractivity contribution < 1.29 is 0 Å². The Morgan fingerprint density at radius 3 is 1.93 bits per heavy atom. The number of nitrogens with zero attached hydrogens (tertiary/aromatic N) is 1. The SMILES string of the molecule is C/C(=N\c1cc(-c2cccc3ccccc23)ccc1CCc1ccc(-c2cccc3ccccc23)cc1)C1=CC=CCC1. The van der Waals surface area contributed by atoms with Gasteiger partial charge in [0.2, 0.25) is 0 Å². The summed E-state index contributed by atoms with van der Waals surface area (Å²) in [6.07, 6.45) is 10.6. The van der Waals surface area contributed by atoms with Gasteiger partial charge in [-0.3, -0.25) is 4.99 Å². The van der Waals surface area contributed by atoms with Gasteiger partial charge in [0.15, 0.2) is 0 Å². The zero-order valence-corrected chi connectivity index (χ0v) is 24.6. The highest BCUT2D eigenvalue weighted by molar-refractivity contribution is 6.01. The van der Waals surface area contributed by atoms with E-state index in [1.165, 1.54) is 60.5 Å². The Labute approximate surface area is 254 Å². The zero-order valence-electron chi connectivity index (χ0n) is 24.6. The molecule has 43 heavy (non-hydrogen) atoms. The molecule has 1 aliphatic carbocycles. The molecule has 0 fully saturated rings. The van der Waals surface area contributed by atoms with Crippen LogP contribution in [0, 0.1) is 0 Å². The third-order valence-electron chi connectivity index (χ3n) is 8.69. The zero-order chi connectivity index (χ0) is 29.0. The van der Waals surface area contributed by atoms with E-state index in [0.717, 1.165) is 37.1 Å². The van der Waals surface area contributed by atoms with Gasteiger partial charge in [0.1, 0.15) is 0 Å². The summed E-state index contributed by atoms with van der Waals surface area (Å²) in [7, 11) is 0. The molecule has 208 valence electrons. The van der Waals surface area contributed by atoms with Crippen molar-refractivity contribution in [3.05, 3.63) is 162 Å². The van der Waals surface area contributed by atoms with E-state index in [9.17, 15) is 0 Å². The maximum absolute atomic E-state index is 5.26. The molecular formula is C42H35N. The van der Waals surface area contributed by atoms with Gasteiger partial charge in [0.05, 0.1) is 5.69 Å². The van der Waals surface area contributed by atoms with Crippen LogP contribution in [0.2, 0.25) is 0 Å². The second-order valence-electron chi connectivity index (χ2n) is 11.4. The lowest BCUT2D eigenvalue weighted by Gasteiger charge is -2.14. The molecule has 1 aliphatic rings. The molecule has 0 N–H and O–H groups in total. The van der Waals surface area contributed by atoms with Crippen LogP contribution in [0.3, 0.4) is 0 Å². The van der Waals surface area contributed by atoms with Crippen molar-refractivity contribution >= 4 is 32.9 Å². The van der Waals surface area contributed by atoms with Crippen LogP contribution >= 0.6 is 0 Å². The van der Waals surface area contributed by atoms with Gasteiger partial charge < -0.3 is 0 Å². The van der Waals surface area contributed by atoms with Crippen LogP contribution in [0.4, 0.5) is 5.69 Å². The molecule has 0 aliphatic heterocycles. The van der Waals surface area contributed by atoms with Crippen LogP contribution in [0.25, 0.3) is 43.8 Å². The molecular weight excluding hydrogens is 518 g/mol. The third kappa shape index (κ3) is 5.72. The van der Waals surface area contributed by atoms with Gasteiger partial charge in [-0.25, -0.2) is 0 Å². The van der Waals surface area contributed by atoms with Crippen molar-refractivity contribution in [2.24, 2.45) is 4.99 Å². The molecule has 0 bridgehead atoms. The third-order valence-corrected chi connectivity index (χ3v) is 8.69. The Balaban J connectivity index is 1.20. The summed E-state index contributed by atoms with van der Waals surface area (Å²) < 4.78 is 0. The molecule has 6 aromatic rings. The molecule has 0 atom stereocenters. The van der Waals surface area contributed by atoms with Gasteiger partial charge in [-0.05, 0) is 99.2 Å². The summed E-state index contributed by atoms with van der Waals surface area (Å²) in [5, 5.41) is 5.11. The first-order valence-corrected chi connectivity index (χ1v) is 15.3. The van der Waals surface area contributed by atoms with E-state index in [1.54, 1.807) is 0 Å². The highest BCUT2D eigenvalue weighted by atomic mass is 14.7. The summed E-state index contributed by atoms with van der Waals surface area (Å²) in [4.78, 5) is 5.26. The number of aliphatic imine (C=N–C) groups is 1.